The number of benzene rings is 4. The molecule has 0 radical (unpaired) electrons. The Morgan fingerprint density at radius 3 is 2.59 bits per heavy atom. The molecule has 0 unspecified atom stereocenters. The minimum atomic E-state index is -0.552. The van der Waals surface area contributed by atoms with Crippen LogP contribution in [0, 0.1) is 15.9 Å². The van der Waals surface area contributed by atoms with Crippen molar-refractivity contribution in [1.82, 2.24) is 9.88 Å². The van der Waals surface area contributed by atoms with Crippen molar-refractivity contribution in [3.05, 3.63) is 135 Å². The van der Waals surface area contributed by atoms with Gasteiger partial charge in [0.15, 0.2) is 11.5 Å². The molecule has 41 heavy (non-hydrogen) atoms. The molecule has 0 saturated heterocycles. The van der Waals surface area contributed by atoms with E-state index in [1.54, 1.807) is 24.3 Å². The SMILES string of the molecule is O=C(C[C@@H](c1cccc(F)c1)c1cn(Cc2ccccc2)c2ccc([N+](=O)[O-])cc12)NCc1ccc2c(c1)OCO2. The Hall–Kier alpha value is -5.18. The lowest BCUT2D eigenvalue weighted by molar-refractivity contribution is -0.384. The molecule has 6 rings (SSSR count). The van der Waals surface area contributed by atoms with E-state index in [1.807, 2.05) is 53.2 Å². The standard InChI is InChI=1S/C32H26FN3O5/c33-24-8-4-7-23(14-24)26(16-32(37)34-17-22-9-12-30-31(13-22)41-20-40-30)28-19-35(18-21-5-2-1-3-6-21)29-11-10-25(36(38)39)15-27(28)29/h1-15,19,26H,16-18,20H2,(H,34,37)/t26-/m0/s1. The van der Waals surface area contributed by atoms with Gasteiger partial charge < -0.3 is 19.4 Å². The highest BCUT2D eigenvalue weighted by Crippen LogP contribution is 2.37. The molecule has 0 fully saturated rings. The molecular formula is C32H26FN3O5. The first-order valence-electron chi connectivity index (χ1n) is 13.2. The highest BCUT2D eigenvalue weighted by molar-refractivity contribution is 5.88. The third kappa shape index (κ3) is 5.60. The molecule has 9 heteroatoms. The van der Waals surface area contributed by atoms with Crippen LogP contribution in [-0.4, -0.2) is 22.2 Å². The first-order chi connectivity index (χ1) is 19.9. The molecule has 0 bridgehead atoms. The molecule has 2 heterocycles. The molecule has 1 atom stereocenters. The molecule has 0 spiro atoms. The Balaban J connectivity index is 1.36. The molecule has 1 N–H and O–H groups in total. The van der Waals surface area contributed by atoms with Gasteiger partial charge in [-0.1, -0.05) is 48.5 Å². The predicted molar refractivity (Wildman–Crippen MR) is 151 cm³/mol. The quantitative estimate of drug-likeness (QED) is 0.171. The van der Waals surface area contributed by atoms with E-state index < -0.39 is 16.7 Å². The highest BCUT2D eigenvalue weighted by Gasteiger charge is 2.25. The minimum Gasteiger partial charge on any atom is -0.454 e. The zero-order valence-corrected chi connectivity index (χ0v) is 22.0. The summed E-state index contributed by atoms with van der Waals surface area (Å²) in [5.74, 6) is 0.0667. The number of nitrogens with one attached hydrogen (secondary N) is 1. The van der Waals surface area contributed by atoms with Crippen molar-refractivity contribution in [3.63, 3.8) is 0 Å². The maximum atomic E-state index is 14.4. The van der Waals surface area contributed by atoms with Gasteiger partial charge in [-0.15, -0.1) is 0 Å². The third-order valence-electron chi connectivity index (χ3n) is 7.24. The van der Waals surface area contributed by atoms with E-state index in [2.05, 4.69) is 5.32 Å². The van der Waals surface area contributed by atoms with Crippen LogP contribution in [0.3, 0.4) is 0 Å². The summed E-state index contributed by atoms with van der Waals surface area (Å²) < 4.78 is 27.2. The van der Waals surface area contributed by atoms with E-state index in [4.69, 9.17) is 9.47 Å². The number of aromatic nitrogens is 1. The van der Waals surface area contributed by atoms with Gasteiger partial charge in [0.2, 0.25) is 12.7 Å². The smallest absolute Gasteiger partial charge is 0.270 e. The summed E-state index contributed by atoms with van der Waals surface area (Å²) in [6, 6.07) is 26.2. The number of non-ortho nitro benzene ring substituents is 1. The van der Waals surface area contributed by atoms with Crippen molar-refractivity contribution in [1.29, 1.82) is 0 Å². The van der Waals surface area contributed by atoms with Crippen LogP contribution in [0.4, 0.5) is 10.1 Å². The van der Waals surface area contributed by atoms with Crippen molar-refractivity contribution >= 4 is 22.5 Å². The summed E-state index contributed by atoms with van der Waals surface area (Å²) in [4.78, 5) is 24.6. The third-order valence-corrected chi connectivity index (χ3v) is 7.24. The van der Waals surface area contributed by atoms with Crippen LogP contribution in [-0.2, 0) is 17.9 Å². The summed E-state index contributed by atoms with van der Waals surface area (Å²) in [6.45, 7) is 0.963. The molecule has 1 aliphatic heterocycles. The van der Waals surface area contributed by atoms with E-state index >= 15 is 0 Å². The van der Waals surface area contributed by atoms with Gasteiger partial charge in [0, 0.05) is 54.7 Å². The molecule has 1 aliphatic rings. The average molecular weight is 552 g/mol. The number of ether oxygens (including phenoxy) is 2. The van der Waals surface area contributed by atoms with Gasteiger partial charge >= 0.3 is 0 Å². The second kappa shape index (κ2) is 11.1. The van der Waals surface area contributed by atoms with Gasteiger partial charge in [0.05, 0.1) is 4.92 Å². The summed E-state index contributed by atoms with van der Waals surface area (Å²) in [6.07, 6.45) is 1.93. The van der Waals surface area contributed by atoms with Crippen LogP contribution in [0.1, 0.15) is 34.6 Å². The van der Waals surface area contributed by atoms with Gasteiger partial charge in [-0.05, 0) is 52.6 Å². The first kappa shape index (κ1) is 26.1. The van der Waals surface area contributed by atoms with Gasteiger partial charge in [0.1, 0.15) is 5.82 Å². The Kier molecular flexibility index (Phi) is 7.08. The number of nitrogens with zero attached hydrogens (tertiary/aromatic N) is 2. The molecule has 8 nitrogen and oxygen atoms in total. The number of carbonyl (C=O) groups is 1. The first-order valence-corrected chi connectivity index (χ1v) is 13.2. The number of fused-ring (bicyclic) bond motifs is 2. The second-order valence-corrected chi connectivity index (χ2v) is 9.93. The fraction of sp³-hybridized carbons (Fsp3) is 0.156. The maximum absolute atomic E-state index is 14.4. The number of rotatable bonds is 9. The predicted octanol–water partition coefficient (Wildman–Crippen LogP) is 6.30. The fourth-order valence-electron chi connectivity index (χ4n) is 5.25. The number of carbonyl (C=O) groups excluding carboxylic acids is 1. The molecule has 1 amide bonds. The number of amides is 1. The topological polar surface area (TPSA) is 95.6 Å². The molecule has 206 valence electrons. The van der Waals surface area contributed by atoms with Gasteiger partial charge in [-0.2, -0.15) is 0 Å². The van der Waals surface area contributed by atoms with Crippen molar-refractivity contribution in [2.45, 2.75) is 25.4 Å². The van der Waals surface area contributed by atoms with Crippen molar-refractivity contribution in [2.24, 2.45) is 0 Å². The number of nitro groups is 1. The van der Waals surface area contributed by atoms with Crippen LogP contribution in [0.2, 0.25) is 0 Å². The Morgan fingerprint density at radius 2 is 1.78 bits per heavy atom. The van der Waals surface area contributed by atoms with Crippen molar-refractivity contribution in [2.75, 3.05) is 6.79 Å². The summed E-state index contributed by atoms with van der Waals surface area (Å²) in [5, 5.41) is 15.3. The molecular weight excluding hydrogens is 525 g/mol. The number of halogens is 1. The number of nitro benzene ring substituents is 1. The summed E-state index contributed by atoms with van der Waals surface area (Å²) in [7, 11) is 0. The van der Waals surface area contributed by atoms with Crippen LogP contribution >= 0.6 is 0 Å². The lowest BCUT2D eigenvalue weighted by Crippen LogP contribution is -2.25. The summed E-state index contributed by atoms with van der Waals surface area (Å²) >= 11 is 0. The van der Waals surface area contributed by atoms with Crippen molar-refractivity contribution in [3.8, 4) is 11.5 Å². The zero-order valence-electron chi connectivity index (χ0n) is 22.0. The molecule has 1 aromatic heterocycles. The Labute approximate surface area is 235 Å². The fourth-order valence-corrected chi connectivity index (χ4v) is 5.25. The number of hydrogen-bond donors (Lipinski definition) is 1. The van der Waals surface area contributed by atoms with Crippen LogP contribution < -0.4 is 14.8 Å². The van der Waals surface area contributed by atoms with Gasteiger partial charge in [-0.3, -0.25) is 14.9 Å². The molecule has 5 aromatic rings. The van der Waals surface area contributed by atoms with Crippen molar-refractivity contribution < 1.29 is 23.6 Å². The van der Waals surface area contributed by atoms with E-state index in [1.165, 1.54) is 24.3 Å². The van der Waals surface area contributed by atoms with Crippen LogP contribution in [0.15, 0.2) is 97.2 Å². The zero-order chi connectivity index (χ0) is 28.3. The molecule has 0 saturated carbocycles. The van der Waals surface area contributed by atoms with E-state index in [0.29, 0.717) is 34.6 Å². The van der Waals surface area contributed by atoms with Gasteiger partial charge in [0.25, 0.3) is 5.69 Å². The Bertz CT molecular complexity index is 1750. The largest absolute Gasteiger partial charge is 0.454 e. The van der Waals surface area contributed by atoms with Crippen LogP contribution in [0.5, 0.6) is 11.5 Å². The maximum Gasteiger partial charge on any atom is 0.270 e. The normalized spacial score (nSPS) is 12.8. The number of hydrogen-bond acceptors (Lipinski definition) is 5. The Morgan fingerprint density at radius 1 is 0.951 bits per heavy atom. The summed E-state index contributed by atoms with van der Waals surface area (Å²) in [5.41, 5.74) is 3.95. The van der Waals surface area contributed by atoms with E-state index in [9.17, 15) is 19.3 Å². The monoisotopic (exact) mass is 551 g/mol. The highest BCUT2D eigenvalue weighted by atomic mass is 19.1. The van der Waals surface area contributed by atoms with Crippen LogP contribution in [0.25, 0.3) is 10.9 Å². The lowest BCUT2D eigenvalue weighted by atomic mass is 9.87. The second-order valence-electron chi connectivity index (χ2n) is 9.93. The average Bonchev–Trinajstić information content (AvgIpc) is 3.59. The molecule has 4 aromatic carbocycles. The van der Waals surface area contributed by atoms with E-state index in [-0.39, 0.29) is 31.4 Å². The lowest BCUT2D eigenvalue weighted by Gasteiger charge is -2.17. The van der Waals surface area contributed by atoms with Gasteiger partial charge in [-0.25, -0.2) is 4.39 Å². The van der Waals surface area contributed by atoms with E-state index in [0.717, 1.165) is 16.6 Å². The minimum absolute atomic E-state index is 0.0150. The molecule has 0 aliphatic carbocycles.